The van der Waals surface area contributed by atoms with Gasteiger partial charge in [0, 0.05) is 24.3 Å². The van der Waals surface area contributed by atoms with E-state index in [0.29, 0.717) is 29.3 Å². The third-order valence-corrected chi connectivity index (χ3v) is 5.97. The molecule has 0 saturated heterocycles. The van der Waals surface area contributed by atoms with Crippen LogP contribution in [0.1, 0.15) is 39.4 Å². The predicted molar refractivity (Wildman–Crippen MR) is 130 cm³/mol. The second-order valence-electron chi connectivity index (χ2n) is 7.21. The number of nitrogens with zero attached hydrogens (tertiary/aromatic N) is 1. The molecule has 3 aromatic rings. The Kier molecular flexibility index (Phi) is 8.83. The van der Waals surface area contributed by atoms with Gasteiger partial charge >= 0.3 is 0 Å². The van der Waals surface area contributed by atoms with Gasteiger partial charge in [0.2, 0.25) is 0 Å². The highest BCUT2D eigenvalue weighted by atomic mass is 32.1. The molecule has 0 fully saturated rings. The standard InChI is InChI=1S/C25H29N3O3S/c1-3-28(4-2)15-16-31-22-13-11-21(12-14-22)27-24(29)20-9-7-19(8-10-20)18-26-25(30)23-6-5-17-32-23/h5-14,17H,3-4,15-16,18H2,1-2H3,(H,26,30)(H,27,29). The first kappa shape index (κ1) is 23.5. The van der Waals surface area contributed by atoms with Gasteiger partial charge in [-0.25, -0.2) is 0 Å². The van der Waals surface area contributed by atoms with Crippen molar-refractivity contribution in [3.8, 4) is 5.75 Å². The number of amides is 2. The van der Waals surface area contributed by atoms with Crippen molar-refractivity contribution in [3.05, 3.63) is 82.0 Å². The SMILES string of the molecule is CCN(CC)CCOc1ccc(NC(=O)c2ccc(CNC(=O)c3cccs3)cc2)cc1. The molecule has 2 N–H and O–H groups in total. The fourth-order valence-electron chi connectivity index (χ4n) is 3.12. The molecule has 32 heavy (non-hydrogen) atoms. The molecule has 0 spiro atoms. The first-order valence-corrected chi connectivity index (χ1v) is 11.6. The molecule has 0 saturated carbocycles. The van der Waals surface area contributed by atoms with Gasteiger partial charge in [0.05, 0.1) is 4.88 Å². The van der Waals surface area contributed by atoms with Crippen LogP contribution in [0.2, 0.25) is 0 Å². The first-order valence-electron chi connectivity index (χ1n) is 10.8. The van der Waals surface area contributed by atoms with Crippen molar-refractivity contribution in [1.82, 2.24) is 10.2 Å². The van der Waals surface area contributed by atoms with Crippen molar-refractivity contribution >= 4 is 28.8 Å². The van der Waals surface area contributed by atoms with Crippen molar-refractivity contribution < 1.29 is 14.3 Å². The fraction of sp³-hybridized carbons (Fsp3) is 0.280. The molecule has 0 aliphatic carbocycles. The van der Waals surface area contributed by atoms with E-state index in [2.05, 4.69) is 29.4 Å². The van der Waals surface area contributed by atoms with Crippen LogP contribution in [0.15, 0.2) is 66.0 Å². The number of rotatable bonds is 11. The maximum atomic E-state index is 12.5. The highest BCUT2D eigenvalue weighted by Gasteiger charge is 2.08. The Morgan fingerprint density at radius 2 is 1.66 bits per heavy atom. The van der Waals surface area contributed by atoms with Crippen LogP contribution >= 0.6 is 11.3 Å². The van der Waals surface area contributed by atoms with E-state index in [4.69, 9.17) is 4.74 Å². The zero-order chi connectivity index (χ0) is 22.8. The Bertz CT molecular complexity index is 982. The summed E-state index contributed by atoms with van der Waals surface area (Å²) in [6, 6.07) is 18.2. The van der Waals surface area contributed by atoms with Crippen molar-refractivity contribution in [3.63, 3.8) is 0 Å². The third-order valence-electron chi connectivity index (χ3n) is 5.10. The average Bonchev–Trinajstić information content (AvgIpc) is 3.37. The number of likely N-dealkylation sites (N-methyl/N-ethyl adjacent to an activating group) is 1. The highest BCUT2D eigenvalue weighted by Crippen LogP contribution is 2.17. The Morgan fingerprint density at radius 1 is 0.938 bits per heavy atom. The summed E-state index contributed by atoms with van der Waals surface area (Å²) >= 11 is 1.41. The Labute approximate surface area is 193 Å². The molecule has 168 valence electrons. The molecule has 1 aromatic heterocycles. The van der Waals surface area contributed by atoms with Gasteiger partial charge in [0.25, 0.3) is 11.8 Å². The van der Waals surface area contributed by atoms with E-state index in [9.17, 15) is 9.59 Å². The average molecular weight is 452 g/mol. The second kappa shape index (κ2) is 12.0. The highest BCUT2D eigenvalue weighted by molar-refractivity contribution is 7.12. The summed E-state index contributed by atoms with van der Waals surface area (Å²) in [5.74, 6) is 0.501. The quantitative estimate of drug-likeness (QED) is 0.445. The lowest BCUT2D eigenvalue weighted by molar-refractivity contribution is 0.0953. The monoisotopic (exact) mass is 451 g/mol. The molecule has 0 radical (unpaired) electrons. The Balaban J connectivity index is 1.46. The molecule has 3 rings (SSSR count). The predicted octanol–water partition coefficient (Wildman–Crippen LogP) is 4.65. The van der Waals surface area contributed by atoms with Crippen LogP contribution < -0.4 is 15.4 Å². The van der Waals surface area contributed by atoms with Crippen LogP contribution in [-0.4, -0.2) is 43.0 Å². The van der Waals surface area contributed by atoms with Gasteiger partial charge in [-0.15, -0.1) is 11.3 Å². The number of hydrogen-bond donors (Lipinski definition) is 2. The maximum absolute atomic E-state index is 12.5. The second-order valence-corrected chi connectivity index (χ2v) is 8.16. The smallest absolute Gasteiger partial charge is 0.261 e. The Hall–Kier alpha value is -3.16. The minimum atomic E-state index is -0.186. The van der Waals surface area contributed by atoms with E-state index in [0.717, 1.165) is 30.9 Å². The molecule has 7 heteroatoms. The summed E-state index contributed by atoms with van der Waals surface area (Å²) in [6.45, 7) is 8.23. The first-order chi connectivity index (χ1) is 15.6. The van der Waals surface area contributed by atoms with Crippen molar-refractivity contribution in [2.45, 2.75) is 20.4 Å². The summed E-state index contributed by atoms with van der Waals surface area (Å²) < 4.78 is 5.78. The molecule has 6 nitrogen and oxygen atoms in total. The molecule has 0 atom stereocenters. The van der Waals surface area contributed by atoms with Crippen molar-refractivity contribution in [2.24, 2.45) is 0 Å². The van der Waals surface area contributed by atoms with Gasteiger partial charge in [-0.2, -0.15) is 0 Å². The fourth-order valence-corrected chi connectivity index (χ4v) is 3.76. The number of thiophene rings is 1. The van der Waals surface area contributed by atoms with Crippen LogP contribution in [0.25, 0.3) is 0 Å². The van der Waals surface area contributed by atoms with Gasteiger partial charge in [0.15, 0.2) is 0 Å². The van der Waals surface area contributed by atoms with E-state index in [1.165, 1.54) is 11.3 Å². The lowest BCUT2D eigenvalue weighted by atomic mass is 10.1. The molecular weight excluding hydrogens is 422 g/mol. The van der Waals surface area contributed by atoms with E-state index >= 15 is 0 Å². The molecule has 0 aliphatic heterocycles. The number of ether oxygens (including phenoxy) is 1. The molecule has 2 aromatic carbocycles. The van der Waals surface area contributed by atoms with Gasteiger partial charge in [-0.05, 0) is 66.5 Å². The van der Waals surface area contributed by atoms with Crippen LogP contribution in [0, 0.1) is 0 Å². The molecular formula is C25H29N3O3S. The van der Waals surface area contributed by atoms with E-state index < -0.39 is 0 Å². The van der Waals surface area contributed by atoms with Gasteiger partial charge in [-0.3, -0.25) is 9.59 Å². The summed E-state index contributed by atoms with van der Waals surface area (Å²) in [7, 11) is 0. The van der Waals surface area contributed by atoms with Crippen molar-refractivity contribution in [2.75, 3.05) is 31.6 Å². The van der Waals surface area contributed by atoms with Gasteiger partial charge in [0.1, 0.15) is 12.4 Å². The zero-order valence-electron chi connectivity index (χ0n) is 18.5. The van der Waals surface area contributed by atoms with E-state index in [1.54, 1.807) is 18.2 Å². The normalized spacial score (nSPS) is 10.7. The largest absolute Gasteiger partial charge is 0.492 e. The number of carbonyl (C=O) groups is 2. The molecule has 0 aliphatic rings. The minimum absolute atomic E-state index is 0.0951. The Morgan fingerprint density at radius 3 is 2.28 bits per heavy atom. The zero-order valence-corrected chi connectivity index (χ0v) is 19.3. The summed E-state index contributed by atoms with van der Waals surface area (Å²) in [5.41, 5.74) is 2.19. The van der Waals surface area contributed by atoms with E-state index in [-0.39, 0.29) is 11.8 Å². The van der Waals surface area contributed by atoms with Crippen LogP contribution in [0.3, 0.4) is 0 Å². The summed E-state index contributed by atoms with van der Waals surface area (Å²) in [6.07, 6.45) is 0. The third kappa shape index (κ3) is 6.93. The van der Waals surface area contributed by atoms with Crippen LogP contribution in [-0.2, 0) is 6.54 Å². The van der Waals surface area contributed by atoms with Crippen molar-refractivity contribution in [1.29, 1.82) is 0 Å². The topological polar surface area (TPSA) is 70.7 Å². The van der Waals surface area contributed by atoms with Crippen LogP contribution in [0.4, 0.5) is 5.69 Å². The maximum Gasteiger partial charge on any atom is 0.261 e. The number of carbonyl (C=O) groups excluding carboxylic acids is 2. The molecule has 0 bridgehead atoms. The number of hydrogen-bond acceptors (Lipinski definition) is 5. The van der Waals surface area contributed by atoms with Gasteiger partial charge in [-0.1, -0.05) is 32.0 Å². The van der Waals surface area contributed by atoms with Gasteiger partial charge < -0.3 is 20.3 Å². The number of nitrogens with one attached hydrogen (secondary N) is 2. The van der Waals surface area contributed by atoms with Crippen LogP contribution in [0.5, 0.6) is 5.75 Å². The molecule has 2 amide bonds. The molecule has 1 heterocycles. The number of anilines is 1. The summed E-state index contributed by atoms with van der Waals surface area (Å²) in [4.78, 5) is 27.5. The molecule has 0 unspecified atom stereocenters. The van der Waals surface area contributed by atoms with E-state index in [1.807, 2.05) is 47.8 Å². The lowest BCUT2D eigenvalue weighted by Crippen LogP contribution is -2.27. The lowest BCUT2D eigenvalue weighted by Gasteiger charge is -2.18. The minimum Gasteiger partial charge on any atom is -0.492 e. The number of benzene rings is 2. The summed E-state index contributed by atoms with van der Waals surface area (Å²) in [5, 5.41) is 7.65.